The normalized spacial score (nSPS) is 19.7. The third-order valence-corrected chi connectivity index (χ3v) is 2.45. The van der Waals surface area contributed by atoms with E-state index in [9.17, 15) is 14.4 Å². The highest BCUT2D eigenvalue weighted by Crippen LogP contribution is 2.23. The summed E-state index contributed by atoms with van der Waals surface area (Å²) in [5, 5.41) is 8.13. The van der Waals surface area contributed by atoms with E-state index in [4.69, 9.17) is 11.0 Å². The van der Waals surface area contributed by atoms with Crippen LogP contribution in [0.3, 0.4) is 0 Å². The van der Waals surface area contributed by atoms with E-state index in [2.05, 4.69) is 5.73 Å². The fourth-order valence-electron chi connectivity index (χ4n) is 1.43. The van der Waals surface area contributed by atoms with Crippen LogP contribution in [0.2, 0.25) is 0 Å². The molecule has 0 spiro atoms. The summed E-state index contributed by atoms with van der Waals surface area (Å²) in [6.45, 7) is 1.81. The van der Waals surface area contributed by atoms with Crippen molar-refractivity contribution < 1.29 is 14.4 Å². The fourth-order valence-corrected chi connectivity index (χ4v) is 1.43. The number of amides is 3. The van der Waals surface area contributed by atoms with Crippen molar-refractivity contribution in [2.75, 3.05) is 6.54 Å². The first-order valence-electron chi connectivity index (χ1n) is 5.73. The zero-order valence-electron chi connectivity index (χ0n) is 10.9. The molecule has 0 aromatic carbocycles. The summed E-state index contributed by atoms with van der Waals surface area (Å²) < 4.78 is 0. The number of ketones is 1. The highest BCUT2D eigenvalue weighted by Gasteiger charge is 2.36. The zero-order chi connectivity index (χ0) is 15.3. The maximum Gasteiger partial charge on any atom is 0.316 e. The van der Waals surface area contributed by atoms with E-state index in [0.717, 1.165) is 11.1 Å². The second-order valence-electron chi connectivity index (χ2n) is 4.15. The van der Waals surface area contributed by atoms with Crippen LogP contribution in [-0.2, 0) is 9.59 Å². The van der Waals surface area contributed by atoms with E-state index in [1.165, 1.54) is 11.8 Å². The van der Waals surface area contributed by atoms with E-state index in [0.29, 0.717) is 6.54 Å². The van der Waals surface area contributed by atoms with Crippen molar-refractivity contribution in [3.05, 3.63) is 35.5 Å². The van der Waals surface area contributed by atoms with Gasteiger partial charge in [-0.1, -0.05) is 24.3 Å². The third kappa shape index (κ3) is 4.10. The Kier molecular flexibility index (Phi) is 4.81. The van der Waals surface area contributed by atoms with E-state index in [1.54, 1.807) is 0 Å². The van der Waals surface area contributed by atoms with Crippen LogP contribution in [0.15, 0.2) is 35.5 Å². The second kappa shape index (κ2) is 6.33. The van der Waals surface area contributed by atoms with Gasteiger partial charge >= 0.3 is 6.03 Å². The number of hydrogen-bond donors (Lipinski definition) is 2. The Balaban J connectivity index is 0.000000160. The molecule has 2 bridgehead atoms. The summed E-state index contributed by atoms with van der Waals surface area (Å²) in [4.78, 5) is 31.4. The average molecular weight is 274 g/mol. The number of nitriles is 1. The van der Waals surface area contributed by atoms with Gasteiger partial charge in [-0.05, 0) is 0 Å². The SMILES string of the molecule is CC(N)=O.N#CC1CN1C(N)=O.O=C1C2=CC=C1C=C2. The van der Waals surface area contributed by atoms with Crippen LogP contribution < -0.4 is 11.5 Å². The molecule has 7 heteroatoms. The van der Waals surface area contributed by atoms with Crippen LogP contribution in [0.25, 0.3) is 0 Å². The number of urea groups is 1. The van der Waals surface area contributed by atoms with E-state index in [-0.39, 0.29) is 17.7 Å². The Morgan fingerprint density at radius 3 is 1.85 bits per heavy atom. The van der Waals surface area contributed by atoms with Gasteiger partial charge in [0.15, 0.2) is 5.78 Å². The summed E-state index contributed by atoms with van der Waals surface area (Å²) in [5.41, 5.74) is 10.9. The quantitative estimate of drug-likeness (QED) is 0.590. The maximum atomic E-state index is 10.8. The predicted octanol–water partition coefficient (Wildman–Crippen LogP) is -0.244. The Labute approximate surface area is 115 Å². The van der Waals surface area contributed by atoms with Gasteiger partial charge in [-0.2, -0.15) is 5.26 Å². The van der Waals surface area contributed by atoms with Gasteiger partial charge in [-0.15, -0.1) is 0 Å². The second-order valence-corrected chi connectivity index (χ2v) is 4.15. The molecule has 1 saturated heterocycles. The average Bonchev–Trinajstić information content (AvgIpc) is 3.03. The zero-order valence-corrected chi connectivity index (χ0v) is 10.9. The number of primary amides is 2. The Hall–Kier alpha value is -2.88. The van der Waals surface area contributed by atoms with Crippen LogP contribution in [0, 0.1) is 11.3 Å². The van der Waals surface area contributed by atoms with Gasteiger partial charge in [-0.3, -0.25) is 9.59 Å². The molecular weight excluding hydrogens is 260 g/mol. The topological polar surface area (TPSA) is 130 Å². The lowest BCUT2D eigenvalue weighted by atomic mass is 10.2. The summed E-state index contributed by atoms with van der Waals surface area (Å²) in [5.74, 6) is -0.148. The van der Waals surface area contributed by atoms with E-state index < -0.39 is 6.03 Å². The number of nitrogens with zero attached hydrogens (tertiary/aromatic N) is 2. The molecule has 3 amide bonds. The van der Waals surface area contributed by atoms with Gasteiger partial charge in [-0.25, -0.2) is 4.79 Å². The number of nitrogens with two attached hydrogens (primary N) is 2. The highest BCUT2D eigenvalue weighted by molar-refractivity contribution is 6.17. The predicted molar refractivity (Wildman–Crippen MR) is 70.9 cm³/mol. The lowest BCUT2D eigenvalue weighted by molar-refractivity contribution is -0.116. The monoisotopic (exact) mass is 274 g/mol. The Morgan fingerprint density at radius 1 is 1.30 bits per heavy atom. The van der Waals surface area contributed by atoms with Gasteiger partial charge in [0.2, 0.25) is 5.91 Å². The van der Waals surface area contributed by atoms with Gasteiger partial charge < -0.3 is 16.4 Å². The van der Waals surface area contributed by atoms with Crippen LogP contribution in [0.4, 0.5) is 4.79 Å². The lowest BCUT2D eigenvalue weighted by Gasteiger charge is -1.88. The number of Topliss-reactive ketones (excluding diaryl/α,β-unsaturated/α-hetero) is 1. The number of carbonyl (C=O) groups is 3. The minimum atomic E-state index is -0.503. The number of fused-ring (bicyclic) bond motifs is 2. The molecule has 2 aliphatic carbocycles. The third-order valence-electron chi connectivity index (χ3n) is 2.45. The largest absolute Gasteiger partial charge is 0.370 e. The lowest BCUT2D eigenvalue weighted by Crippen LogP contribution is -2.20. The van der Waals surface area contributed by atoms with Crippen LogP contribution in [-0.4, -0.2) is 35.2 Å². The van der Waals surface area contributed by atoms with Crippen molar-refractivity contribution in [3.63, 3.8) is 0 Å². The van der Waals surface area contributed by atoms with Crippen molar-refractivity contribution in [2.45, 2.75) is 13.0 Å². The molecule has 0 radical (unpaired) electrons. The molecule has 0 saturated carbocycles. The molecule has 3 aliphatic rings. The molecular formula is C13H14N4O3. The summed E-state index contributed by atoms with van der Waals surface area (Å²) in [6, 6.07) is 1.15. The number of carbonyl (C=O) groups excluding carboxylic acids is 3. The minimum absolute atomic E-state index is 0.185. The van der Waals surface area contributed by atoms with Crippen LogP contribution in [0.1, 0.15) is 6.92 Å². The molecule has 0 aromatic heterocycles. The smallest absolute Gasteiger partial charge is 0.316 e. The Bertz CT molecular complexity index is 553. The first-order chi connectivity index (χ1) is 9.36. The van der Waals surface area contributed by atoms with Gasteiger partial charge in [0.05, 0.1) is 12.6 Å². The standard InChI is InChI=1S/C7H4O.C4H5N3O.C2H5NO/c8-7-5-1-2-6(7)4-3-5;5-1-3-2-7(3)4(6)8;1-2(3)4/h1-4H;3H,2H2,(H2,6,8);1H3,(H2,3,4). The fraction of sp³-hybridized carbons (Fsp3) is 0.231. The van der Waals surface area contributed by atoms with Gasteiger partial charge in [0.25, 0.3) is 0 Å². The molecule has 1 aliphatic heterocycles. The van der Waals surface area contributed by atoms with Crippen molar-refractivity contribution in [3.8, 4) is 6.07 Å². The van der Waals surface area contributed by atoms with E-state index >= 15 is 0 Å². The van der Waals surface area contributed by atoms with Crippen molar-refractivity contribution in [2.24, 2.45) is 11.5 Å². The minimum Gasteiger partial charge on any atom is -0.370 e. The first-order valence-corrected chi connectivity index (χ1v) is 5.73. The first kappa shape index (κ1) is 15.2. The molecule has 4 N–H and O–H groups in total. The van der Waals surface area contributed by atoms with Crippen molar-refractivity contribution >= 4 is 17.7 Å². The molecule has 1 unspecified atom stereocenters. The molecule has 3 rings (SSSR count). The van der Waals surface area contributed by atoms with Gasteiger partial charge in [0, 0.05) is 18.1 Å². The van der Waals surface area contributed by atoms with Crippen molar-refractivity contribution in [1.29, 1.82) is 5.26 Å². The summed E-state index contributed by atoms with van der Waals surface area (Å²) >= 11 is 0. The van der Waals surface area contributed by atoms with Crippen LogP contribution in [0.5, 0.6) is 0 Å². The molecule has 7 nitrogen and oxygen atoms in total. The molecule has 1 atom stereocenters. The summed E-state index contributed by atoms with van der Waals surface area (Å²) in [7, 11) is 0. The molecule has 20 heavy (non-hydrogen) atoms. The van der Waals surface area contributed by atoms with E-state index in [1.807, 2.05) is 30.4 Å². The molecule has 1 fully saturated rings. The number of allylic oxidation sites excluding steroid dienone is 6. The molecule has 104 valence electrons. The number of rotatable bonds is 0. The maximum absolute atomic E-state index is 10.8. The number of hydrogen-bond acceptors (Lipinski definition) is 4. The molecule has 0 aromatic rings. The van der Waals surface area contributed by atoms with Crippen molar-refractivity contribution in [1.82, 2.24) is 4.90 Å². The summed E-state index contributed by atoms with van der Waals surface area (Å²) in [6.07, 6.45) is 7.38. The Morgan fingerprint density at radius 2 is 1.75 bits per heavy atom. The van der Waals surface area contributed by atoms with Gasteiger partial charge in [0.1, 0.15) is 6.04 Å². The van der Waals surface area contributed by atoms with Crippen LogP contribution >= 0.6 is 0 Å². The molecule has 1 heterocycles. The highest BCUT2D eigenvalue weighted by atomic mass is 16.2.